The van der Waals surface area contributed by atoms with Gasteiger partial charge in [0.25, 0.3) is 0 Å². The van der Waals surface area contributed by atoms with E-state index in [4.69, 9.17) is 10.7 Å². The first-order valence-corrected chi connectivity index (χ1v) is 19.4. The van der Waals surface area contributed by atoms with Crippen LogP contribution in [0.5, 0.6) is 0 Å². The normalized spacial score (nSPS) is 16.0. The van der Waals surface area contributed by atoms with E-state index in [0.29, 0.717) is 0 Å². The molecule has 0 spiro atoms. The van der Waals surface area contributed by atoms with Gasteiger partial charge in [0.05, 0.1) is 17.8 Å². The predicted octanol–water partition coefficient (Wildman–Crippen LogP) is 12.5. The molecule has 0 amide bonds. The summed E-state index contributed by atoms with van der Waals surface area (Å²) in [6.07, 6.45) is 13.4. The molecule has 0 saturated carbocycles. The number of hydrogen-bond donors (Lipinski definition) is 2. The van der Waals surface area contributed by atoms with Crippen molar-refractivity contribution in [3.05, 3.63) is 246 Å². The largest absolute Gasteiger partial charge is 0.346 e. The molecule has 7 aromatic carbocycles. The Morgan fingerprint density at radius 1 is 0.589 bits per heavy atom. The SMILES string of the molecule is NC(/C=C(\N=C\Nc1cc2c(cc1-c1ccccc1)-c1ccccc1C2(c1ccccc1)c1ccccc1)C1C=CC=CC1)c1cccc(-c2ccccc2)c1. The molecule has 0 saturated heterocycles. The monoisotopic (exact) mass is 721 g/mol. The first kappa shape index (κ1) is 34.9. The molecule has 0 fully saturated rings. The van der Waals surface area contributed by atoms with Crippen LogP contribution in [0.15, 0.2) is 223 Å². The zero-order valence-electron chi connectivity index (χ0n) is 31.2. The Morgan fingerprint density at radius 3 is 1.89 bits per heavy atom. The van der Waals surface area contributed by atoms with Crippen LogP contribution >= 0.6 is 0 Å². The van der Waals surface area contributed by atoms with Crippen molar-refractivity contribution in [2.24, 2.45) is 16.6 Å². The Bertz CT molecular complexity index is 2550. The molecular formula is C53H43N3. The Morgan fingerprint density at radius 2 is 1.21 bits per heavy atom. The number of rotatable bonds is 10. The molecule has 2 aliphatic carbocycles. The van der Waals surface area contributed by atoms with E-state index in [1.54, 1.807) is 0 Å². The lowest BCUT2D eigenvalue weighted by molar-refractivity contribution is 0.739. The number of nitrogens with two attached hydrogens (primary N) is 1. The summed E-state index contributed by atoms with van der Waals surface area (Å²) in [5, 5.41) is 3.71. The predicted molar refractivity (Wildman–Crippen MR) is 235 cm³/mol. The maximum absolute atomic E-state index is 6.96. The summed E-state index contributed by atoms with van der Waals surface area (Å²) in [5.74, 6) is 0.105. The highest BCUT2D eigenvalue weighted by molar-refractivity contribution is 5.96. The minimum absolute atomic E-state index is 0.105. The molecular weight excluding hydrogens is 679 g/mol. The van der Waals surface area contributed by atoms with Gasteiger partial charge >= 0.3 is 0 Å². The van der Waals surface area contributed by atoms with Gasteiger partial charge in [0.2, 0.25) is 0 Å². The molecule has 3 nitrogen and oxygen atoms in total. The van der Waals surface area contributed by atoms with E-state index in [0.717, 1.165) is 40.1 Å². The second-order valence-electron chi connectivity index (χ2n) is 14.5. The molecule has 0 heterocycles. The average molecular weight is 722 g/mol. The van der Waals surface area contributed by atoms with E-state index in [1.165, 1.54) is 38.9 Å². The molecule has 2 unspecified atom stereocenters. The van der Waals surface area contributed by atoms with Gasteiger partial charge in [0.1, 0.15) is 0 Å². The topological polar surface area (TPSA) is 50.4 Å². The lowest BCUT2D eigenvalue weighted by Gasteiger charge is -2.34. The van der Waals surface area contributed by atoms with Crippen LogP contribution in [0, 0.1) is 5.92 Å². The zero-order valence-corrected chi connectivity index (χ0v) is 31.2. The highest BCUT2D eigenvalue weighted by Gasteiger charge is 2.46. The first-order valence-electron chi connectivity index (χ1n) is 19.4. The number of nitrogens with one attached hydrogen (secondary N) is 1. The van der Waals surface area contributed by atoms with Gasteiger partial charge in [-0.1, -0.05) is 188 Å². The minimum Gasteiger partial charge on any atom is -0.346 e. The minimum atomic E-state index is -0.511. The van der Waals surface area contributed by atoms with E-state index in [2.05, 4.69) is 212 Å². The third-order valence-corrected chi connectivity index (χ3v) is 11.2. The molecule has 0 radical (unpaired) electrons. The maximum Gasteiger partial charge on any atom is 0.0926 e. The van der Waals surface area contributed by atoms with Crippen molar-refractivity contribution in [2.75, 3.05) is 5.32 Å². The van der Waals surface area contributed by atoms with Crippen molar-refractivity contribution in [3.63, 3.8) is 0 Å². The van der Waals surface area contributed by atoms with Gasteiger partial charge in [-0.15, -0.1) is 0 Å². The van der Waals surface area contributed by atoms with Crippen LogP contribution < -0.4 is 11.1 Å². The summed E-state index contributed by atoms with van der Waals surface area (Å²) in [6.45, 7) is 0. The average Bonchev–Trinajstić information content (AvgIpc) is 3.57. The molecule has 2 atom stereocenters. The van der Waals surface area contributed by atoms with Gasteiger partial charge in [0, 0.05) is 22.9 Å². The van der Waals surface area contributed by atoms with Crippen LogP contribution in [0.3, 0.4) is 0 Å². The number of anilines is 1. The number of allylic oxidation sites excluding steroid dienone is 4. The zero-order chi connectivity index (χ0) is 37.7. The third-order valence-electron chi connectivity index (χ3n) is 11.2. The van der Waals surface area contributed by atoms with Crippen LogP contribution in [0.1, 0.15) is 40.3 Å². The lowest BCUT2D eigenvalue weighted by atomic mass is 9.67. The van der Waals surface area contributed by atoms with Crippen molar-refractivity contribution in [1.29, 1.82) is 0 Å². The Balaban J connectivity index is 1.16. The van der Waals surface area contributed by atoms with Gasteiger partial charge in [-0.05, 0) is 86.3 Å². The van der Waals surface area contributed by atoms with Crippen LogP contribution in [-0.4, -0.2) is 6.34 Å². The smallest absolute Gasteiger partial charge is 0.0926 e. The molecule has 0 aliphatic heterocycles. The van der Waals surface area contributed by atoms with Gasteiger partial charge in [-0.2, -0.15) is 0 Å². The fourth-order valence-corrected chi connectivity index (χ4v) is 8.54. The van der Waals surface area contributed by atoms with Crippen molar-refractivity contribution in [2.45, 2.75) is 17.9 Å². The number of benzene rings is 7. The summed E-state index contributed by atoms with van der Waals surface area (Å²) in [6, 6.07) is 64.7. The molecule has 7 aromatic rings. The van der Waals surface area contributed by atoms with E-state index in [9.17, 15) is 0 Å². The Labute approximate surface area is 329 Å². The highest BCUT2D eigenvalue weighted by Crippen LogP contribution is 2.57. The van der Waals surface area contributed by atoms with E-state index < -0.39 is 5.41 Å². The quantitative estimate of drug-likeness (QED) is 0.109. The summed E-state index contributed by atoms with van der Waals surface area (Å²) in [7, 11) is 0. The van der Waals surface area contributed by atoms with Crippen LogP contribution in [0.25, 0.3) is 33.4 Å². The van der Waals surface area contributed by atoms with Crippen molar-refractivity contribution in [3.8, 4) is 33.4 Å². The second kappa shape index (κ2) is 15.5. The van der Waals surface area contributed by atoms with E-state index >= 15 is 0 Å². The van der Waals surface area contributed by atoms with E-state index in [-0.39, 0.29) is 12.0 Å². The fraction of sp³-hybridized carbons (Fsp3) is 0.0755. The summed E-state index contributed by atoms with van der Waals surface area (Å²) < 4.78 is 0. The van der Waals surface area contributed by atoms with Crippen molar-refractivity contribution in [1.82, 2.24) is 0 Å². The molecule has 0 bridgehead atoms. The molecule has 270 valence electrons. The second-order valence-corrected chi connectivity index (χ2v) is 14.5. The van der Waals surface area contributed by atoms with Crippen LogP contribution in [0.4, 0.5) is 5.69 Å². The lowest BCUT2D eigenvalue weighted by Crippen LogP contribution is -2.28. The molecule has 9 rings (SSSR count). The van der Waals surface area contributed by atoms with Gasteiger partial charge in [-0.3, -0.25) is 0 Å². The number of hydrogen-bond acceptors (Lipinski definition) is 2. The number of nitrogens with zero attached hydrogens (tertiary/aromatic N) is 1. The van der Waals surface area contributed by atoms with Crippen LogP contribution in [-0.2, 0) is 5.41 Å². The Kier molecular flexibility index (Phi) is 9.67. The Hall–Kier alpha value is -6.81. The summed E-state index contributed by atoms with van der Waals surface area (Å²) >= 11 is 0. The number of fused-ring (bicyclic) bond motifs is 3. The van der Waals surface area contributed by atoms with Gasteiger partial charge in [0.15, 0.2) is 0 Å². The summed E-state index contributed by atoms with van der Waals surface area (Å²) in [5.41, 5.74) is 21.4. The highest BCUT2D eigenvalue weighted by atomic mass is 15.0. The van der Waals surface area contributed by atoms with Crippen LogP contribution in [0.2, 0.25) is 0 Å². The van der Waals surface area contributed by atoms with Crippen molar-refractivity contribution < 1.29 is 0 Å². The van der Waals surface area contributed by atoms with Crippen molar-refractivity contribution >= 4 is 12.0 Å². The number of aliphatic imine (C=N–C) groups is 1. The summed E-state index contributed by atoms with van der Waals surface area (Å²) in [4.78, 5) is 5.17. The third kappa shape index (κ3) is 6.53. The molecule has 3 heteroatoms. The molecule has 0 aromatic heterocycles. The van der Waals surface area contributed by atoms with Gasteiger partial charge < -0.3 is 11.1 Å². The maximum atomic E-state index is 6.96. The first-order chi connectivity index (χ1) is 27.7. The standard InChI is InChI=1S/C53H43N3/c54-50(42-26-18-25-41(33-42)38-19-6-1-7-20-38)36-51(40-23-10-3-11-24-40)55-37-56-52-35-49-47(34-46(52)39-21-8-2-9-22-39)45-31-16-17-32-48(45)53(49,43-27-12-4-13-28-43)44-29-14-5-15-30-44/h1-23,25-37,40,50H,24,54H2,(H,55,56)/b51-36-. The molecule has 2 aliphatic rings. The molecule has 56 heavy (non-hydrogen) atoms. The molecule has 3 N–H and O–H groups in total. The van der Waals surface area contributed by atoms with E-state index in [1.807, 2.05) is 12.4 Å². The fourth-order valence-electron chi connectivity index (χ4n) is 8.54. The van der Waals surface area contributed by atoms with Gasteiger partial charge in [-0.25, -0.2) is 4.99 Å².